The summed E-state index contributed by atoms with van der Waals surface area (Å²) in [6.45, 7) is 15.2. The van der Waals surface area contributed by atoms with Crippen molar-refractivity contribution in [1.29, 1.82) is 0 Å². The number of ether oxygens (including phenoxy) is 1. The van der Waals surface area contributed by atoms with Crippen molar-refractivity contribution in [2.45, 2.75) is 66.2 Å². The zero-order valence-electron chi connectivity index (χ0n) is 16.3. The molecule has 3 N–H and O–H groups in total. The number of nitrogens with one attached hydrogen (secondary N) is 3. The van der Waals surface area contributed by atoms with Crippen LogP contribution in [0.25, 0.3) is 0 Å². The van der Waals surface area contributed by atoms with E-state index in [2.05, 4.69) is 25.9 Å². The molecule has 1 rings (SSSR count). The van der Waals surface area contributed by atoms with Gasteiger partial charge < -0.3 is 20.7 Å². The average Bonchev–Trinajstić information content (AvgIpc) is 2.85. The Bertz CT molecular complexity index is 590. The van der Waals surface area contributed by atoms with Gasteiger partial charge in [0.1, 0.15) is 10.6 Å². The summed E-state index contributed by atoms with van der Waals surface area (Å²) in [5.41, 5.74) is -1.01. The van der Waals surface area contributed by atoms with Gasteiger partial charge in [0, 0.05) is 24.2 Å². The van der Waals surface area contributed by atoms with Crippen molar-refractivity contribution in [2.24, 2.45) is 4.99 Å². The number of amides is 1. The molecular formula is C17H31N5O2S. The van der Waals surface area contributed by atoms with E-state index in [9.17, 15) is 4.79 Å². The van der Waals surface area contributed by atoms with E-state index in [0.717, 1.165) is 11.6 Å². The number of aryl methyl sites for hydroxylation is 1. The highest BCUT2D eigenvalue weighted by molar-refractivity contribution is 7.11. The summed E-state index contributed by atoms with van der Waals surface area (Å²) in [5.74, 6) is 0.689. The highest BCUT2D eigenvalue weighted by Crippen LogP contribution is 2.12. The van der Waals surface area contributed by atoms with Crippen LogP contribution in [-0.4, -0.2) is 41.3 Å². The standard InChI is InChI=1S/C17H31N5O2S/c1-8-18-14(20-10-13-19-9-12(2)25-13)21-11-17(6,7)22-15(23)24-16(3,4)5/h9H,8,10-11H2,1-7H3,(H,22,23)(H2,18,20,21). The lowest BCUT2D eigenvalue weighted by Gasteiger charge is -2.29. The molecule has 1 aromatic heterocycles. The molecule has 0 radical (unpaired) electrons. The van der Waals surface area contributed by atoms with E-state index in [4.69, 9.17) is 4.74 Å². The summed E-state index contributed by atoms with van der Waals surface area (Å²) in [6, 6.07) is 0. The molecule has 1 aromatic rings. The summed E-state index contributed by atoms with van der Waals surface area (Å²) in [6.07, 6.45) is 1.42. The van der Waals surface area contributed by atoms with E-state index in [0.29, 0.717) is 19.0 Å². The Morgan fingerprint density at radius 3 is 2.48 bits per heavy atom. The van der Waals surface area contributed by atoms with Gasteiger partial charge in [-0.05, 0) is 48.5 Å². The lowest BCUT2D eigenvalue weighted by molar-refractivity contribution is 0.0474. The van der Waals surface area contributed by atoms with Crippen molar-refractivity contribution < 1.29 is 9.53 Å². The summed E-state index contributed by atoms with van der Waals surface area (Å²) < 4.78 is 5.30. The number of aromatic nitrogens is 1. The second-order valence-electron chi connectivity index (χ2n) is 7.42. The molecule has 8 heteroatoms. The van der Waals surface area contributed by atoms with Crippen molar-refractivity contribution in [2.75, 3.05) is 13.1 Å². The zero-order chi connectivity index (χ0) is 19.1. The second kappa shape index (κ2) is 9.03. The number of thiazole rings is 1. The van der Waals surface area contributed by atoms with Crippen LogP contribution < -0.4 is 16.0 Å². The van der Waals surface area contributed by atoms with E-state index < -0.39 is 17.2 Å². The molecule has 7 nitrogen and oxygen atoms in total. The van der Waals surface area contributed by atoms with Gasteiger partial charge in [0.05, 0.1) is 12.1 Å². The summed E-state index contributed by atoms with van der Waals surface area (Å²) in [7, 11) is 0. The van der Waals surface area contributed by atoms with Gasteiger partial charge in [0.2, 0.25) is 0 Å². The van der Waals surface area contributed by atoms with Crippen LogP contribution in [0.5, 0.6) is 0 Å². The van der Waals surface area contributed by atoms with Crippen LogP contribution >= 0.6 is 11.3 Å². The number of carbonyl (C=O) groups excluding carboxylic acids is 1. The molecule has 0 aromatic carbocycles. The molecule has 0 fully saturated rings. The Morgan fingerprint density at radius 2 is 1.96 bits per heavy atom. The van der Waals surface area contributed by atoms with E-state index in [1.165, 1.54) is 4.88 Å². The van der Waals surface area contributed by atoms with Gasteiger partial charge in [-0.2, -0.15) is 0 Å². The molecule has 0 saturated carbocycles. The number of nitrogens with zero attached hydrogens (tertiary/aromatic N) is 2. The van der Waals surface area contributed by atoms with Gasteiger partial charge in [0.25, 0.3) is 0 Å². The largest absolute Gasteiger partial charge is 0.444 e. The van der Waals surface area contributed by atoms with Gasteiger partial charge in [-0.3, -0.25) is 0 Å². The molecule has 0 bridgehead atoms. The third-order valence-electron chi connectivity index (χ3n) is 2.92. The van der Waals surface area contributed by atoms with Crippen LogP contribution in [0, 0.1) is 6.92 Å². The van der Waals surface area contributed by atoms with Gasteiger partial charge in [-0.1, -0.05) is 0 Å². The van der Waals surface area contributed by atoms with E-state index >= 15 is 0 Å². The van der Waals surface area contributed by atoms with Gasteiger partial charge in [-0.25, -0.2) is 14.8 Å². The number of rotatable bonds is 6. The number of aliphatic imine (C=N–C) groups is 1. The number of guanidine groups is 1. The first-order valence-electron chi connectivity index (χ1n) is 8.45. The molecule has 0 aliphatic heterocycles. The SMILES string of the molecule is CCNC(=NCc1ncc(C)s1)NCC(C)(C)NC(=O)OC(C)(C)C. The Kier molecular flexibility index (Phi) is 7.66. The summed E-state index contributed by atoms with van der Waals surface area (Å²) >= 11 is 1.64. The van der Waals surface area contributed by atoms with Gasteiger partial charge in [0.15, 0.2) is 5.96 Å². The van der Waals surface area contributed by atoms with Crippen molar-refractivity contribution >= 4 is 23.4 Å². The lowest BCUT2D eigenvalue weighted by Crippen LogP contribution is -2.54. The molecular weight excluding hydrogens is 338 g/mol. The molecule has 1 heterocycles. The van der Waals surface area contributed by atoms with Crippen LogP contribution in [0.4, 0.5) is 4.79 Å². The fraction of sp³-hybridized carbons (Fsp3) is 0.706. The summed E-state index contributed by atoms with van der Waals surface area (Å²) in [4.78, 5) is 22.0. The number of carbonyl (C=O) groups is 1. The number of hydrogen-bond donors (Lipinski definition) is 3. The normalized spacial score (nSPS) is 12.7. The van der Waals surface area contributed by atoms with Crippen LogP contribution in [0.1, 0.15) is 51.4 Å². The molecule has 0 saturated heterocycles. The van der Waals surface area contributed by atoms with Crippen molar-refractivity contribution in [3.05, 3.63) is 16.1 Å². The van der Waals surface area contributed by atoms with Gasteiger partial charge in [-0.15, -0.1) is 11.3 Å². The quantitative estimate of drug-likeness (QED) is 0.530. The Morgan fingerprint density at radius 1 is 1.28 bits per heavy atom. The topological polar surface area (TPSA) is 87.6 Å². The van der Waals surface area contributed by atoms with Crippen molar-refractivity contribution in [1.82, 2.24) is 20.9 Å². The Hall–Kier alpha value is -1.83. The van der Waals surface area contributed by atoms with E-state index in [1.54, 1.807) is 11.3 Å². The number of hydrogen-bond acceptors (Lipinski definition) is 5. The van der Waals surface area contributed by atoms with Crippen LogP contribution in [-0.2, 0) is 11.3 Å². The molecule has 0 spiro atoms. The first-order chi connectivity index (χ1) is 11.5. The first kappa shape index (κ1) is 21.2. The highest BCUT2D eigenvalue weighted by atomic mass is 32.1. The lowest BCUT2D eigenvalue weighted by atomic mass is 10.1. The van der Waals surface area contributed by atoms with Gasteiger partial charge >= 0.3 is 6.09 Å². The maximum absolute atomic E-state index is 11.9. The van der Waals surface area contributed by atoms with E-state index in [-0.39, 0.29) is 0 Å². The third kappa shape index (κ3) is 9.28. The predicted molar refractivity (Wildman–Crippen MR) is 103 cm³/mol. The van der Waals surface area contributed by atoms with Crippen LogP contribution in [0.2, 0.25) is 0 Å². The Labute approximate surface area is 154 Å². The fourth-order valence-electron chi connectivity index (χ4n) is 1.89. The molecule has 0 aliphatic rings. The minimum absolute atomic E-state index is 0.431. The minimum Gasteiger partial charge on any atom is -0.444 e. The second-order valence-corrected chi connectivity index (χ2v) is 8.74. The monoisotopic (exact) mass is 369 g/mol. The third-order valence-corrected chi connectivity index (χ3v) is 3.82. The van der Waals surface area contributed by atoms with Crippen LogP contribution in [0.3, 0.4) is 0 Å². The maximum Gasteiger partial charge on any atom is 0.408 e. The zero-order valence-corrected chi connectivity index (χ0v) is 17.1. The van der Waals surface area contributed by atoms with Crippen LogP contribution in [0.15, 0.2) is 11.2 Å². The smallest absolute Gasteiger partial charge is 0.408 e. The van der Waals surface area contributed by atoms with E-state index in [1.807, 2.05) is 54.7 Å². The van der Waals surface area contributed by atoms with Crippen molar-refractivity contribution in [3.63, 3.8) is 0 Å². The van der Waals surface area contributed by atoms with Crippen molar-refractivity contribution in [3.8, 4) is 0 Å². The average molecular weight is 370 g/mol. The maximum atomic E-state index is 11.9. The fourth-order valence-corrected chi connectivity index (χ4v) is 2.60. The predicted octanol–water partition coefficient (Wildman–Crippen LogP) is 2.81. The minimum atomic E-state index is -0.518. The molecule has 1 amide bonds. The highest BCUT2D eigenvalue weighted by Gasteiger charge is 2.24. The molecule has 25 heavy (non-hydrogen) atoms. The summed E-state index contributed by atoms with van der Waals surface area (Å²) in [5, 5.41) is 10.3. The Balaban J connectivity index is 2.58. The molecule has 142 valence electrons. The number of alkyl carbamates (subject to hydrolysis) is 1. The molecule has 0 atom stereocenters. The first-order valence-corrected chi connectivity index (χ1v) is 9.27. The molecule has 0 aliphatic carbocycles. The molecule has 0 unspecified atom stereocenters.